The molecule has 1 aliphatic rings. The van der Waals surface area contributed by atoms with Crippen LogP contribution in [0.1, 0.15) is 22.6 Å². The van der Waals surface area contributed by atoms with Crippen molar-refractivity contribution < 1.29 is 13.2 Å². The predicted octanol–water partition coefficient (Wildman–Crippen LogP) is 5.11. The smallest absolute Gasteiger partial charge is 0.316 e. The maximum absolute atomic E-state index is 12.6. The van der Waals surface area contributed by atoms with Gasteiger partial charge in [-0.15, -0.1) is 0 Å². The molecule has 1 aliphatic heterocycles. The molecule has 26 heavy (non-hydrogen) atoms. The molecule has 0 aromatic heterocycles. The molecule has 0 spiro atoms. The topological polar surface area (TPSA) is 24.1 Å². The van der Waals surface area contributed by atoms with Gasteiger partial charge in [0.05, 0.1) is 15.6 Å². The molecule has 0 aliphatic carbocycles. The van der Waals surface area contributed by atoms with Crippen LogP contribution >= 0.6 is 23.2 Å². The monoisotopic (exact) mass is 402 g/mol. The lowest BCUT2D eigenvalue weighted by atomic mass is 9.89. The molecule has 140 valence electrons. The van der Waals surface area contributed by atoms with Gasteiger partial charge in [0.1, 0.15) is 0 Å². The summed E-state index contributed by atoms with van der Waals surface area (Å²) >= 11 is 12.1. The van der Waals surface area contributed by atoms with Crippen LogP contribution in [0, 0.1) is 5.92 Å². The van der Waals surface area contributed by atoms with Gasteiger partial charge in [-0.2, -0.15) is 13.2 Å². The van der Waals surface area contributed by atoms with Gasteiger partial charge < -0.3 is 10.6 Å². The summed E-state index contributed by atoms with van der Waals surface area (Å²) in [6.07, 6.45) is -4.30. The van der Waals surface area contributed by atoms with E-state index < -0.39 is 11.7 Å². The summed E-state index contributed by atoms with van der Waals surface area (Å²) in [4.78, 5) is 0. The Kier molecular flexibility index (Phi) is 6.13. The first-order valence-corrected chi connectivity index (χ1v) is 9.12. The number of nitrogens with one attached hydrogen (secondary N) is 2. The van der Waals surface area contributed by atoms with E-state index in [1.54, 1.807) is 0 Å². The Morgan fingerprint density at radius 2 is 1.73 bits per heavy atom. The van der Waals surface area contributed by atoms with Crippen molar-refractivity contribution in [3.05, 3.63) is 69.2 Å². The number of hydrogen-bond acceptors (Lipinski definition) is 2. The number of alkyl halides is 3. The zero-order valence-electron chi connectivity index (χ0n) is 13.9. The minimum atomic E-state index is -4.30. The quantitative estimate of drug-likeness (QED) is 0.726. The minimum Gasteiger partial charge on any atom is -0.316 e. The van der Waals surface area contributed by atoms with Gasteiger partial charge in [-0.1, -0.05) is 41.4 Å². The first-order chi connectivity index (χ1) is 12.3. The second-order valence-electron chi connectivity index (χ2n) is 6.52. The van der Waals surface area contributed by atoms with Crippen LogP contribution in [0.15, 0.2) is 42.5 Å². The molecule has 1 heterocycles. The van der Waals surface area contributed by atoms with Crippen LogP contribution in [0.3, 0.4) is 0 Å². The van der Waals surface area contributed by atoms with Crippen molar-refractivity contribution in [2.24, 2.45) is 5.92 Å². The summed E-state index contributed by atoms with van der Waals surface area (Å²) in [7, 11) is 0. The SMILES string of the molecule is FC(F)(F)c1ccc(CNCC2CNCC2c2ccc(Cl)c(Cl)c2)cc1. The molecular weight excluding hydrogens is 384 g/mol. The Hall–Kier alpha value is -1.27. The molecule has 0 amide bonds. The standard InChI is InChI=1S/C19H19Cl2F3N2/c20-17-6-3-13(7-18(17)21)16-11-26-10-14(16)9-25-8-12-1-4-15(5-2-12)19(22,23)24/h1-7,14,16,25-26H,8-11H2. The maximum atomic E-state index is 12.6. The van der Waals surface area contributed by atoms with E-state index >= 15 is 0 Å². The van der Waals surface area contributed by atoms with Gasteiger partial charge in [-0.25, -0.2) is 0 Å². The fraction of sp³-hybridized carbons (Fsp3) is 0.368. The van der Waals surface area contributed by atoms with Gasteiger partial charge in [-0.3, -0.25) is 0 Å². The molecule has 2 aromatic rings. The highest BCUT2D eigenvalue weighted by atomic mass is 35.5. The molecule has 2 nitrogen and oxygen atoms in total. The average molecular weight is 403 g/mol. The van der Waals surface area contributed by atoms with Crippen LogP contribution in [-0.2, 0) is 12.7 Å². The fourth-order valence-electron chi connectivity index (χ4n) is 3.29. The molecule has 1 fully saturated rings. The van der Waals surface area contributed by atoms with Gasteiger partial charge >= 0.3 is 6.18 Å². The van der Waals surface area contributed by atoms with Crippen LogP contribution in [0.25, 0.3) is 0 Å². The van der Waals surface area contributed by atoms with Crippen LogP contribution < -0.4 is 10.6 Å². The predicted molar refractivity (Wildman–Crippen MR) is 98.7 cm³/mol. The first-order valence-electron chi connectivity index (χ1n) is 8.37. The molecule has 2 unspecified atom stereocenters. The van der Waals surface area contributed by atoms with Gasteiger partial charge in [0.15, 0.2) is 0 Å². The summed E-state index contributed by atoms with van der Waals surface area (Å²) in [6.45, 7) is 3.04. The van der Waals surface area contributed by atoms with E-state index in [1.807, 2.05) is 18.2 Å². The third-order valence-electron chi connectivity index (χ3n) is 4.73. The van der Waals surface area contributed by atoms with Gasteiger partial charge in [-0.05, 0) is 47.9 Å². The van der Waals surface area contributed by atoms with Gasteiger partial charge in [0.2, 0.25) is 0 Å². The molecular formula is C19H19Cl2F3N2. The highest BCUT2D eigenvalue weighted by Gasteiger charge is 2.30. The van der Waals surface area contributed by atoms with Crippen LogP contribution in [0.4, 0.5) is 13.2 Å². The highest BCUT2D eigenvalue weighted by molar-refractivity contribution is 6.42. The zero-order valence-corrected chi connectivity index (χ0v) is 15.4. The number of halogens is 5. The lowest BCUT2D eigenvalue weighted by molar-refractivity contribution is -0.137. The van der Waals surface area contributed by atoms with Crippen molar-refractivity contribution in [2.75, 3.05) is 19.6 Å². The van der Waals surface area contributed by atoms with Crippen molar-refractivity contribution >= 4 is 23.2 Å². The van der Waals surface area contributed by atoms with E-state index in [1.165, 1.54) is 12.1 Å². The molecule has 3 rings (SSSR count). The second kappa shape index (κ2) is 8.17. The van der Waals surface area contributed by atoms with E-state index in [0.29, 0.717) is 28.4 Å². The zero-order chi connectivity index (χ0) is 18.7. The lowest BCUT2D eigenvalue weighted by Gasteiger charge is -2.20. The molecule has 0 saturated carbocycles. The van der Waals surface area contributed by atoms with E-state index in [0.717, 1.165) is 42.9 Å². The molecule has 2 N–H and O–H groups in total. The van der Waals surface area contributed by atoms with Gasteiger partial charge in [0, 0.05) is 25.6 Å². The lowest BCUT2D eigenvalue weighted by Crippen LogP contribution is -2.27. The average Bonchev–Trinajstić information content (AvgIpc) is 3.05. The van der Waals surface area contributed by atoms with Gasteiger partial charge in [0.25, 0.3) is 0 Å². The largest absolute Gasteiger partial charge is 0.416 e. The third-order valence-corrected chi connectivity index (χ3v) is 5.47. The van der Waals surface area contributed by atoms with Crippen LogP contribution in [0.5, 0.6) is 0 Å². The van der Waals surface area contributed by atoms with E-state index in [2.05, 4.69) is 10.6 Å². The summed E-state index contributed by atoms with van der Waals surface area (Å²) in [6, 6.07) is 11.0. The fourth-order valence-corrected chi connectivity index (χ4v) is 3.60. The molecule has 0 bridgehead atoms. The summed E-state index contributed by atoms with van der Waals surface area (Å²) < 4.78 is 37.8. The third kappa shape index (κ3) is 4.71. The van der Waals surface area contributed by atoms with Crippen LogP contribution in [-0.4, -0.2) is 19.6 Å². The minimum absolute atomic E-state index is 0.324. The summed E-state index contributed by atoms with van der Waals surface area (Å²) in [5, 5.41) is 7.82. The first kappa shape index (κ1) is 19.5. The summed E-state index contributed by atoms with van der Waals surface area (Å²) in [5.74, 6) is 0.701. The van der Waals surface area contributed by atoms with Crippen molar-refractivity contribution in [2.45, 2.75) is 18.6 Å². The van der Waals surface area contributed by atoms with Crippen molar-refractivity contribution in [1.82, 2.24) is 10.6 Å². The van der Waals surface area contributed by atoms with Crippen molar-refractivity contribution in [3.63, 3.8) is 0 Å². The Balaban J connectivity index is 1.56. The Labute approximate surface area is 160 Å². The van der Waals surface area contributed by atoms with Crippen LogP contribution in [0.2, 0.25) is 10.0 Å². The van der Waals surface area contributed by atoms with Crippen molar-refractivity contribution in [3.8, 4) is 0 Å². The molecule has 7 heteroatoms. The number of rotatable bonds is 5. The molecule has 1 saturated heterocycles. The normalized spacial score (nSPS) is 20.5. The number of hydrogen-bond donors (Lipinski definition) is 2. The maximum Gasteiger partial charge on any atom is 0.416 e. The second-order valence-corrected chi connectivity index (χ2v) is 7.34. The summed E-state index contributed by atoms with van der Waals surface area (Å²) in [5.41, 5.74) is 1.35. The van der Waals surface area contributed by atoms with E-state index in [-0.39, 0.29) is 0 Å². The van der Waals surface area contributed by atoms with E-state index in [9.17, 15) is 13.2 Å². The highest BCUT2D eigenvalue weighted by Crippen LogP contribution is 2.32. The Morgan fingerprint density at radius 3 is 2.38 bits per heavy atom. The van der Waals surface area contributed by atoms with E-state index in [4.69, 9.17) is 23.2 Å². The Morgan fingerprint density at radius 1 is 1.00 bits per heavy atom. The molecule has 2 aromatic carbocycles. The molecule has 2 atom stereocenters. The number of benzene rings is 2. The van der Waals surface area contributed by atoms with Crippen molar-refractivity contribution in [1.29, 1.82) is 0 Å². The molecule has 0 radical (unpaired) electrons. The Bertz CT molecular complexity index is 747.